The number of para-hydroxylation sites is 1. The molecule has 0 aliphatic rings. The topological polar surface area (TPSA) is 100 Å². The first-order chi connectivity index (χ1) is 13.1. The molecule has 0 fully saturated rings. The van der Waals surface area contributed by atoms with Crippen molar-refractivity contribution in [2.24, 2.45) is 0 Å². The molecule has 138 valence electrons. The lowest BCUT2D eigenvalue weighted by Crippen LogP contribution is -2.41. The van der Waals surface area contributed by atoms with Crippen molar-refractivity contribution in [2.45, 2.75) is 12.5 Å². The van der Waals surface area contributed by atoms with E-state index in [1.54, 1.807) is 36.5 Å². The molecule has 0 bridgehead atoms. The Bertz CT molecular complexity index is 966. The van der Waals surface area contributed by atoms with Crippen molar-refractivity contribution in [1.29, 1.82) is 0 Å². The fraction of sp³-hybridized carbons (Fsp3) is 0.150. The van der Waals surface area contributed by atoms with Gasteiger partial charge in [-0.15, -0.1) is 0 Å². The Morgan fingerprint density at radius 1 is 1.04 bits per heavy atom. The maximum Gasteiger partial charge on any atom is 0.321 e. The minimum Gasteiger partial charge on any atom is -0.447 e. The second-order valence-corrected chi connectivity index (χ2v) is 5.89. The highest BCUT2D eigenvalue weighted by Crippen LogP contribution is 2.21. The number of amides is 3. The Kier molecular flexibility index (Phi) is 5.51. The van der Waals surface area contributed by atoms with Crippen molar-refractivity contribution in [2.75, 3.05) is 7.05 Å². The molecular formula is C20H19N3O4. The fourth-order valence-electron chi connectivity index (χ4n) is 2.75. The number of carbonyl (C=O) groups excluding carboxylic acids is 3. The zero-order valence-corrected chi connectivity index (χ0v) is 14.7. The standard InChI is InChI=1S/C20H19N3O4/c1-21-20(26)23-19(25)18(13-7-3-2-4-8-13)27-17(24)11-14-12-22-16-10-6-5-9-15(14)16/h2-10,12,18,22H,11H2,1H3,(H2,21,23,25,26)/t18-/m1/s1. The van der Waals surface area contributed by atoms with Gasteiger partial charge < -0.3 is 15.0 Å². The molecule has 3 N–H and O–H groups in total. The summed E-state index contributed by atoms with van der Waals surface area (Å²) in [5.41, 5.74) is 2.16. The smallest absolute Gasteiger partial charge is 0.321 e. The molecule has 0 aliphatic heterocycles. The van der Waals surface area contributed by atoms with Crippen LogP contribution in [-0.4, -0.2) is 29.9 Å². The summed E-state index contributed by atoms with van der Waals surface area (Å²) < 4.78 is 5.42. The minimum atomic E-state index is -1.22. The van der Waals surface area contributed by atoms with Crippen LogP contribution in [0, 0.1) is 0 Å². The molecule has 0 saturated carbocycles. The first-order valence-corrected chi connectivity index (χ1v) is 8.40. The van der Waals surface area contributed by atoms with Gasteiger partial charge in [0.05, 0.1) is 6.42 Å². The van der Waals surface area contributed by atoms with Gasteiger partial charge in [-0.1, -0.05) is 48.5 Å². The third-order valence-corrected chi connectivity index (χ3v) is 4.06. The van der Waals surface area contributed by atoms with Crippen LogP contribution in [0.2, 0.25) is 0 Å². The molecule has 0 unspecified atom stereocenters. The van der Waals surface area contributed by atoms with Crippen LogP contribution in [0.25, 0.3) is 10.9 Å². The van der Waals surface area contributed by atoms with Gasteiger partial charge in [-0.05, 0) is 11.6 Å². The second-order valence-electron chi connectivity index (χ2n) is 5.89. The number of aromatic nitrogens is 1. The second kappa shape index (κ2) is 8.18. The summed E-state index contributed by atoms with van der Waals surface area (Å²) in [6.07, 6.45) is 0.524. The fourth-order valence-corrected chi connectivity index (χ4v) is 2.75. The Balaban J connectivity index is 1.77. The zero-order valence-electron chi connectivity index (χ0n) is 14.7. The Labute approximate surface area is 155 Å². The number of ether oxygens (including phenoxy) is 1. The number of hydrogen-bond acceptors (Lipinski definition) is 4. The van der Waals surface area contributed by atoms with E-state index < -0.39 is 24.0 Å². The van der Waals surface area contributed by atoms with Crippen LogP contribution in [-0.2, 0) is 20.7 Å². The Hall–Kier alpha value is -3.61. The predicted molar refractivity (Wildman–Crippen MR) is 99.9 cm³/mol. The van der Waals surface area contributed by atoms with E-state index in [0.29, 0.717) is 5.56 Å². The molecule has 1 heterocycles. The van der Waals surface area contributed by atoms with Crippen molar-refractivity contribution in [3.63, 3.8) is 0 Å². The van der Waals surface area contributed by atoms with Gasteiger partial charge in [0.15, 0.2) is 0 Å². The number of fused-ring (bicyclic) bond motifs is 1. The van der Waals surface area contributed by atoms with Crippen LogP contribution in [0.1, 0.15) is 17.2 Å². The Morgan fingerprint density at radius 2 is 1.74 bits per heavy atom. The quantitative estimate of drug-likeness (QED) is 0.605. The van der Waals surface area contributed by atoms with Crippen LogP contribution in [0.5, 0.6) is 0 Å². The molecule has 1 atom stereocenters. The van der Waals surface area contributed by atoms with E-state index in [4.69, 9.17) is 4.74 Å². The van der Waals surface area contributed by atoms with Crippen molar-refractivity contribution >= 4 is 28.8 Å². The molecule has 0 saturated heterocycles. The molecule has 1 aromatic heterocycles. The summed E-state index contributed by atoms with van der Waals surface area (Å²) in [5, 5.41) is 5.36. The number of nitrogens with one attached hydrogen (secondary N) is 3. The molecule has 2 aromatic carbocycles. The largest absolute Gasteiger partial charge is 0.447 e. The molecule has 7 heteroatoms. The number of imide groups is 1. The molecule has 0 radical (unpaired) electrons. The summed E-state index contributed by atoms with van der Waals surface area (Å²) in [7, 11) is 1.39. The van der Waals surface area contributed by atoms with E-state index in [1.165, 1.54) is 7.05 Å². The van der Waals surface area contributed by atoms with E-state index in [1.807, 2.05) is 24.3 Å². The first-order valence-electron chi connectivity index (χ1n) is 8.40. The van der Waals surface area contributed by atoms with Crippen molar-refractivity contribution in [3.8, 4) is 0 Å². The molecule has 27 heavy (non-hydrogen) atoms. The van der Waals surface area contributed by atoms with Crippen molar-refractivity contribution in [3.05, 3.63) is 71.9 Å². The first kappa shape index (κ1) is 18.2. The van der Waals surface area contributed by atoms with Gasteiger partial charge in [-0.2, -0.15) is 0 Å². The van der Waals surface area contributed by atoms with Crippen molar-refractivity contribution < 1.29 is 19.1 Å². The van der Waals surface area contributed by atoms with Gasteiger partial charge in [0, 0.05) is 29.7 Å². The van der Waals surface area contributed by atoms with Crippen molar-refractivity contribution in [1.82, 2.24) is 15.6 Å². The normalized spacial score (nSPS) is 11.6. The predicted octanol–water partition coefficient (Wildman–Crippen LogP) is 2.45. The summed E-state index contributed by atoms with van der Waals surface area (Å²) in [4.78, 5) is 39.4. The van der Waals surface area contributed by atoms with Gasteiger partial charge in [0.25, 0.3) is 5.91 Å². The maximum absolute atomic E-state index is 12.5. The van der Waals surface area contributed by atoms with E-state index in [2.05, 4.69) is 15.6 Å². The number of rotatable bonds is 5. The molecular weight excluding hydrogens is 346 g/mol. The van der Waals surface area contributed by atoms with Crippen LogP contribution in [0.3, 0.4) is 0 Å². The summed E-state index contributed by atoms with van der Waals surface area (Å²) in [6, 6.07) is 15.5. The minimum absolute atomic E-state index is 0.000596. The van der Waals surface area contributed by atoms with E-state index >= 15 is 0 Å². The van der Waals surface area contributed by atoms with Gasteiger partial charge in [-0.25, -0.2) is 4.79 Å². The van der Waals surface area contributed by atoms with Gasteiger partial charge in [0.2, 0.25) is 6.10 Å². The Morgan fingerprint density at radius 3 is 2.48 bits per heavy atom. The summed E-state index contributed by atoms with van der Waals surface area (Å²) in [6.45, 7) is 0. The lowest BCUT2D eigenvalue weighted by atomic mass is 10.1. The van der Waals surface area contributed by atoms with Crippen LogP contribution in [0.15, 0.2) is 60.8 Å². The van der Waals surface area contributed by atoms with E-state index in [-0.39, 0.29) is 6.42 Å². The number of benzene rings is 2. The number of carbonyl (C=O) groups is 3. The summed E-state index contributed by atoms with van der Waals surface area (Å²) >= 11 is 0. The van der Waals surface area contributed by atoms with Gasteiger partial charge in [-0.3, -0.25) is 14.9 Å². The van der Waals surface area contributed by atoms with E-state index in [9.17, 15) is 14.4 Å². The third-order valence-electron chi connectivity index (χ3n) is 4.06. The number of H-pyrrole nitrogens is 1. The highest BCUT2D eigenvalue weighted by molar-refractivity contribution is 5.98. The maximum atomic E-state index is 12.5. The third kappa shape index (κ3) is 4.33. The lowest BCUT2D eigenvalue weighted by molar-refractivity contribution is -0.155. The summed E-state index contributed by atoms with van der Waals surface area (Å²) in [5.74, 6) is -1.28. The number of urea groups is 1. The monoisotopic (exact) mass is 365 g/mol. The van der Waals surface area contributed by atoms with Gasteiger partial charge >= 0.3 is 12.0 Å². The highest BCUT2D eigenvalue weighted by atomic mass is 16.5. The molecule has 3 rings (SSSR count). The highest BCUT2D eigenvalue weighted by Gasteiger charge is 2.26. The number of hydrogen-bond donors (Lipinski definition) is 3. The SMILES string of the molecule is CNC(=O)NC(=O)[C@H](OC(=O)Cc1c[nH]c2ccccc12)c1ccccc1. The van der Waals surface area contributed by atoms with E-state index in [0.717, 1.165) is 16.5 Å². The molecule has 3 aromatic rings. The number of esters is 1. The average molecular weight is 365 g/mol. The molecule has 7 nitrogen and oxygen atoms in total. The molecule has 0 spiro atoms. The van der Waals surface area contributed by atoms with Gasteiger partial charge in [0.1, 0.15) is 0 Å². The van der Waals surface area contributed by atoms with Crippen LogP contribution >= 0.6 is 0 Å². The number of aromatic amines is 1. The lowest BCUT2D eigenvalue weighted by Gasteiger charge is -2.17. The van der Waals surface area contributed by atoms with Crippen LogP contribution < -0.4 is 10.6 Å². The molecule has 0 aliphatic carbocycles. The molecule has 3 amide bonds. The average Bonchev–Trinajstić information content (AvgIpc) is 3.09. The zero-order chi connectivity index (χ0) is 19.2. The van der Waals surface area contributed by atoms with Crippen LogP contribution in [0.4, 0.5) is 4.79 Å².